The van der Waals surface area contributed by atoms with Crippen LogP contribution in [0.3, 0.4) is 0 Å². The van der Waals surface area contributed by atoms with E-state index in [1.54, 1.807) is 0 Å². The van der Waals surface area contributed by atoms with Crippen LogP contribution in [-0.2, 0) is 6.54 Å². The van der Waals surface area contributed by atoms with E-state index >= 15 is 0 Å². The Morgan fingerprint density at radius 2 is 2.29 bits per heavy atom. The Kier molecular flexibility index (Phi) is 4.19. The van der Waals surface area contributed by atoms with Gasteiger partial charge in [0.15, 0.2) is 0 Å². The minimum Gasteiger partial charge on any atom is -0.349 e. The highest BCUT2D eigenvalue weighted by Crippen LogP contribution is 2.01. The first-order valence-electron chi connectivity index (χ1n) is 4.87. The normalized spacial score (nSPS) is 10.1. The van der Waals surface area contributed by atoms with Crippen molar-refractivity contribution < 1.29 is 4.79 Å². The lowest BCUT2D eigenvalue weighted by Gasteiger charge is -2.07. The zero-order valence-corrected chi connectivity index (χ0v) is 8.71. The van der Waals surface area contributed by atoms with Crippen molar-refractivity contribution in [3.05, 3.63) is 24.0 Å². The summed E-state index contributed by atoms with van der Waals surface area (Å²) in [5, 5.41) is 5.81. The molecule has 0 aromatic carbocycles. The van der Waals surface area contributed by atoms with E-state index in [9.17, 15) is 4.79 Å². The van der Waals surface area contributed by atoms with Gasteiger partial charge in [-0.3, -0.25) is 4.79 Å². The highest BCUT2D eigenvalue weighted by molar-refractivity contribution is 5.92. The average Bonchev–Trinajstić information content (AvgIpc) is 2.65. The summed E-state index contributed by atoms with van der Waals surface area (Å²) >= 11 is 0. The van der Waals surface area contributed by atoms with Gasteiger partial charge in [-0.05, 0) is 26.1 Å². The molecule has 0 spiro atoms. The average molecular weight is 195 g/mol. The topological polar surface area (TPSA) is 46.1 Å². The number of carbonyl (C=O) groups is 1. The monoisotopic (exact) mass is 195 g/mol. The number of aromatic nitrogens is 1. The summed E-state index contributed by atoms with van der Waals surface area (Å²) in [6.45, 7) is 4.29. The zero-order chi connectivity index (χ0) is 10.4. The van der Waals surface area contributed by atoms with Crippen LogP contribution in [-0.4, -0.2) is 30.6 Å². The quantitative estimate of drug-likeness (QED) is 0.670. The van der Waals surface area contributed by atoms with Gasteiger partial charge in [0.25, 0.3) is 5.91 Å². The summed E-state index contributed by atoms with van der Waals surface area (Å²) in [6.07, 6.45) is 1.91. The third kappa shape index (κ3) is 2.60. The molecular formula is C10H17N3O. The van der Waals surface area contributed by atoms with Crippen molar-refractivity contribution in [1.82, 2.24) is 15.2 Å². The van der Waals surface area contributed by atoms with Crippen LogP contribution < -0.4 is 10.6 Å². The second-order valence-corrected chi connectivity index (χ2v) is 3.04. The van der Waals surface area contributed by atoms with Gasteiger partial charge in [-0.2, -0.15) is 0 Å². The minimum absolute atomic E-state index is 0.00731. The summed E-state index contributed by atoms with van der Waals surface area (Å²) in [5.41, 5.74) is 0.726. The fourth-order valence-electron chi connectivity index (χ4n) is 1.29. The molecule has 1 amide bonds. The van der Waals surface area contributed by atoms with E-state index in [0.29, 0.717) is 6.54 Å². The molecule has 0 aliphatic heterocycles. The Balaban J connectivity index is 2.51. The highest BCUT2D eigenvalue weighted by atomic mass is 16.1. The fourth-order valence-corrected chi connectivity index (χ4v) is 1.29. The minimum atomic E-state index is -0.00731. The van der Waals surface area contributed by atoms with Gasteiger partial charge in [0.2, 0.25) is 0 Å². The third-order valence-corrected chi connectivity index (χ3v) is 2.06. The molecule has 0 radical (unpaired) electrons. The van der Waals surface area contributed by atoms with Crippen LogP contribution in [0.1, 0.15) is 17.4 Å². The van der Waals surface area contributed by atoms with E-state index < -0.39 is 0 Å². The molecule has 14 heavy (non-hydrogen) atoms. The number of rotatable bonds is 5. The van der Waals surface area contributed by atoms with Gasteiger partial charge in [-0.25, -0.2) is 0 Å². The molecule has 0 bridgehead atoms. The van der Waals surface area contributed by atoms with E-state index in [1.165, 1.54) is 0 Å². The molecular weight excluding hydrogens is 178 g/mol. The standard InChI is InChI=1S/C10H17N3O/c1-3-13-8-4-5-9(13)10(14)12-7-6-11-2/h4-5,8,11H,3,6-7H2,1-2H3,(H,12,14). The Hall–Kier alpha value is -1.29. The molecule has 2 N–H and O–H groups in total. The number of likely N-dealkylation sites (N-methyl/N-ethyl adjacent to an activating group) is 1. The van der Waals surface area contributed by atoms with Gasteiger partial charge in [0, 0.05) is 25.8 Å². The molecule has 1 aromatic rings. The molecule has 1 rings (SSSR count). The van der Waals surface area contributed by atoms with Gasteiger partial charge >= 0.3 is 0 Å². The summed E-state index contributed by atoms with van der Waals surface area (Å²) < 4.78 is 1.93. The molecule has 78 valence electrons. The Morgan fingerprint density at radius 1 is 1.50 bits per heavy atom. The molecule has 0 aliphatic carbocycles. The predicted molar refractivity (Wildman–Crippen MR) is 56.4 cm³/mol. The van der Waals surface area contributed by atoms with Crippen LogP contribution in [0, 0.1) is 0 Å². The maximum absolute atomic E-state index is 11.6. The maximum Gasteiger partial charge on any atom is 0.267 e. The molecule has 1 heterocycles. The largest absolute Gasteiger partial charge is 0.349 e. The number of nitrogens with zero attached hydrogens (tertiary/aromatic N) is 1. The number of hydrogen-bond donors (Lipinski definition) is 2. The molecule has 4 nitrogen and oxygen atoms in total. The lowest BCUT2D eigenvalue weighted by Crippen LogP contribution is -2.31. The van der Waals surface area contributed by atoms with Crippen LogP contribution in [0.2, 0.25) is 0 Å². The zero-order valence-electron chi connectivity index (χ0n) is 8.71. The van der Waals surface area contributed by atoms with Crippen molar-refractivity contribution >= 4 is 5.91 Å². The summed E-state index contributed by atoms with van der Waals surface area (Å²) in [6, 6.07) is 3.72. The molecule has 0 unspecified atom stereocenters. The Labute approximate surface area is 84.3 Å². The van der Waals surface area contributed by atoms with Crippen molar-refractivity contribution in [2.45, 2.75) is 13.5 Å². The van der Waals surface area contributed by atoms with Crippen LogP contribution in [0.25, 0.3) is 0 Å². The number of nitrogens with one attached hydrogen (secondary N) is 2. The van der Waals surface area contributed by atoms with E-state index in [2.05, 4.69) is 10.6 Å². The SMILES string of the molecule is CCn1cccc1C(=O)NCCNC. The lowest BCUT2D eigenvalue weighted by atomic mass is 10.4. The Morgan fingerprint density at radius 3 is 2.93 bits per heavy atom. The first-order valence-corrected chi connectivity index (χ1v) is 4.87. The van der Waals surface area contributed by atoms with Crippen LogP contribution >= 0.6 is 0 Å². The van der Waals surface area contributed by atoms with Gasteiger partial charge in [0.05, 0.1) is 0 Å². The van der Waals surface area contributed by atoms with Crippen molar-refractivity contribution in [3.8, 4) is 0 Å². The van der Waals surface area contributed by atoms with Gasteiger partial charge in [-0.1, -0.05) is 0 Å². The number of amides is 1. The lowest BCUT2D eigenvalue weighted by molar-refractivity contribution is 0.0945. The summed E-state index contributed by atoms with van der Waals surface area (Å²) in [5.74, 6) is -0.00731. The first-order chi connectivity index (χ1) is 6.79. The predicted octanol–water partition coefficient (Wildman–Crippen LogP) is 0.457. The summed E-state index contributed by atoms with van der Waals surface area (Å²) in [7, 11) is 1.86. The second-order valence-electron chi connectivity index (χ2n) is 3.04. The molecule has 0 aliphatic rings. The number of hydrogen-bond acceptors (Lipinski definition) is 2. The number of aryl methyl sites for hydroxylation is 1. The van der Waals surface area contributed by atoms with Crippen molar-refractivity contribution in [3.63, 3.8) is 0 Å². The maximum atomic E-state index is 11.6. The van der Waals surface area contributed by atoms with Crippen LogP contribution in [0.4, 0.5) is 0 Å². The molecule has 0 atom stereocenters. The van der Waals surface area contributed by atoms with E-state index in [4.69, 9.17) is 0 Å². The molecule has 4 heteroatoms. The molecule has 1 aromatic heterocycles. The van der Waals surface area contributed by atoms with E-state index in [0.717, 1.165) is 18.8 Å². The molecule has 0 saturated heterocycles. The smallest absolute Gasteiger partial charge is 0.267 e. The van der Waals surface area contributed by atoms with Gasteiger partial charge in [0.1, 0.15) is 5.69 Å². The third-order valence-electron chi connectivity index (χ3n) is 2.06. The first kappa shape index (κ1) is 10.8. The van der Waals surface area contributed by atoms with Crippen molar-refractivity contribution in [2.75, 3.05) is 20.1 Å². The number of carbonyl (C=O) groups excluding carboxylic acids is 1. The van der Waals surface area contributed by atoms with E-state index in [-0.39, 0.29) is 5.91 Å². The summed E-state index contributed by atoms with van der Waals surface area (Å²) in [4.78, 5) is 11.6. The van der Waals surface area contributed by atoms with Gasteiger partial charge in [-0.15, -0.1) is 0 Å². The Bertz CT molecular complexity index is 293. The van der Waals surface area contributed by atoms with Crippen molar-refractivity contribution in [1.29, 1.82) is 0 Å². The van der Waals surface area contributed by atoms with E-state index in [1.807, 2.05) is 36.9 Å². The van der Waals surface area contributed by atoms with Crippen molar-refractivity contribution in [2.24, 2.45) is 0 Å². The van der Waals surface area contributed by atoms with Crippen LogP contribution in [0.5, 0.6) is 0 Å². The highest BCUT2D eigenvalue weighted by Gasteiger charge is 2.07. The van der Waals surface area contributed by atoms with Gasteiger partial charge < -0.3 is 15.2 Å². The van der Waals surface area contributed by atoms with Crippen LogP contribution in [0.15, 0.2) is 18.3 Å². The fraction of sp³-hybridized carbons (Fsp3) is 0.500. The molecule has 0 saturated carbocycles. The molecule has 0 fully saturated rings. The second kappa shape index (κ2) is 5.44.